The van der Waals surface area contributed by atoms with E-state index in [0.29, 0.717) is 42.5 Å². The number of H-pyrrole nitrogens is 1. The SMILES string of the molecule is N#Cc1cccc(CN2Cc3[nH]cnc3C[C@H]2c2nc(-c3cnccn3)no2)c1. The Morgan fingerprint density at radius 3 is 3.10 bits per heavy atom. The average Bonchev–Trinajstić information content (AvgIpc) is 3.43. The van der Waals surface area contributed by atoms with Gasteiger partial charge in [-0.25, -0.2) is 9.97 Å². The third-order valence-corrected chi connectivity index (χ3v) is 4.96. The molecule has 9 heteroatoms. The third-order valence-electron chi connectivity index (χ3n) is 4.96. The van der Waals surface area contributed by atoms with Crippen molar-refractivity contribution in [1.82, 2.24) is 35.0 Å². The molecule has 0 saturated carbocycles. The lowest BCUT2D eigenvalue weighted by molar-refractivity contribution is 0.128. The standard InChI is InChI=1S/C20H16N8O/c21-8-13-2-1-3-14(6-13)10-28-11-17-15(24-12-25-17)7-18(28)20-26-19(27-29-20)16-9-22-4-5-23-16/h1-6,9,12,18H,7,10-11H2,(H,24,25)/t18-/m0/s1. The molecule has 3 aromatic heterocycles. The molecule has 5 rings (SSSR count). The summed E-state index contributed by atoms with van der Waals surface area (Å²) in [7, 11) is 0. The van der Waals surface area contributed by atoms with Gasteiger partial charge in [0.1, 0.15) is 5.69 Å². The van der Waals surface area contributed by atoms with Crippen LogP contribution in [0.4, 0.5) is 0 Å². The van der Waals surface area contributed by atoms with Gasteiger partial charge in [-0.15, -0.1) is 0 Å². The minimum atomic E-state index is -0.130. The van der Waals surface area contributed by atoms with Gasteiger partial charge in [-0.3, -0.25) is 9.88 Å². The molecule has 29 heavy (non-hydrogen) atoms. The van der Waals surface area contributed by atoms with Crippen LogP contribution >= 0.6 is 0 Å². The summed E-state index contributed by atoms with van der Waals surface area (Å²) in [6.45, 7) is 1.31. The van der Waals surface area contributed by atoms with Crippen LogP contribution in [0.2, 0.25) is 0 Å². The first-order valence-electron chi connectivity index (χ1n) is 9.14. The molecule has 0 bridgehead atoms. The summed E-state index contributed by atoms with van der Waals surface area (Å²) in [6.07, 6.45) is 7.16. The summed E-state index contributed by atoms with van der Waals surface area (Å²) in [6, 6.07) is 9.67. The van der Waals surface area contributed by atoms with E-state index in [9.17, 15) is 5.26 Å². The summed E-state index contributed by atoms with van der Waals surface area (Å²) >= 11 is 0. The molecule has 4 heterocycles. The van der Waals surface area contributed by atoms with E-state index >= 15 is 0 Å². The van der Waals surface area contributed by atoms with Crippen LogP contribution in [0, 0.1) is 11.3 Å². The Kier molecular flexibility index (Phi) is 4.31. The van der Waals surface area contributed by atoms with E-state index < -0.39 is 0 Å². The predicted octanol–water partition coefficient (Wildman–Crippen LogP) is 2.42. The number of fused-ring (bicyclic) bond motifs is 1. The lowest BCUT2D eigenvalue weighted by Gasteiger charge is -2.32. The van der Waals surface area contributed by atoms with Crippen LogP contribution in [0.3, 0.4) is 0 Å². The van der Waals surface area contributed by atoms with Crippen LogP contribution in [0.25, 0.3) is 11.5 Å². The highest BCUT2D eigenvalue weighted by Gasteiger charge is 2.33. The van der Waals surface area contributed by atoms with Crippen LogP contribution in [0.15, 0.2) is 53.7 Å². The molecule has 0 amide bonds. The third kappa shape index (κ3) is 3.37. The number of nitriles is 1. The molecule has 1 atom stereocenters. The molecule has 0 unspecified atom stereocenters. The predicted molar refractivity (Wildman–Crippen MR) is 101 cm³/mol. The number of nitrogens with one attached hydrogen (secondary N) is 1. The summed E-state index contributed by atoms with van der Waals surface area (Å²) in [5.74, 6) is 0.920. The molecule has 1 aliphatic rings. The number of aromatic amines is 1. The van der Waals surface area contributed by atoms with Crippen LogP contribution in [0.5, 0.6) is 0 Å². The van der Waals surface area contributed by atoms with Gasteiger partial charge in [0, 0.05) is 31.9 Å². The molecule has 0 radical (unpaired) electrons. The van der Waals surface area contributed by atoms with E-state index in [1.807, 2.05) is 18.2 Å². The Morgan fingerprint density at radius 2 is 2.24 bits per heavy atom. The summed E-state index contributed by atoms with van der Waals surface area (Å²) < 4.78 is 5.60. The van der Waals surface area contributed by atoms with Crippen molar-refractivity contribution >= 4 is 0 Å². The second-order valence-corrected chi connectivity index (χ2v) is 6.81. The van der Waals surface area contributed by atoms with Crippen LogP contribution in [-0.2, 0) is 19.5 Å². The number of hydrogen-bond donors (Lipinski definition) is 1. The highest BCUT2D eigenvalue weighted by Crippen LogP contribution is 2.33. The minimum absolute atomic E-state index is 0.130. The monoisotopic (exact) mass is 384 g/mol. The summed E-state index contributed by atoms with van der Waals surface area (Å²) in [5, 5.41) is 13.3. The zero-order chi connectivity index (χ0) is 19.6. The maximum Gasteiger partial charge on any atom is 0.244 e. The van der Waals surface area contributed by atoms with Crippen LogP contribution in [-0.4, -0.2) is 35.0 Å². The molecule has 0 spiro atoms. The highest BCUT2D eigenvalue weighted by atomic mass is 16.5. The van der Waals surface area contributed by atoms with Crippen LogP contribution < -0.4 is 0 Å². The maximum atomic E-state index is 9.19. The Labute approximate surface area is 166 Å². The van der Waals surface area contributed by atoms with E-state index in [4.69, 9.17) is 4.52 Å². The normalized spacial score (nSPS) is 16.3. The van der Waals surface area contributed by atoms with Crippen LogP contribution in [0.1, 0.15) is 34.4 Å². The molecule has 1 N–H and O–H groups in total. The maximum absolute atomic E-state index is 9.19. The van der Waals surface area contributed by atoms with Crippen molar-refractivity contribution in [2.24, 2.45) is 0 Å². The second-order valence-electron chi connectivity index (χ2n) is 6.81. The minimum Gasteiger partial charge on any atom is -0.347 e. The Morgan fingerprint density at radius 1 is 1.28 bits per heavy atom. The number of imidazole rings is 1. The number of rotatable bonds is 4. The highest BCUT2D eigenvalue weighted by molar-refractivity contribution is 5.45. The molecular formula is C20H16N8O. The van der Waals surface area contributed by atoms with Crippen molar-refractivity contribution < 1.29 is 4.52 Å². The molecule has 1 aromatic carbocycles. The van der Waals surface area contributed by atoms with E-state index in [-0.39, 0.29) is 6.04 Å². The van der Waals surface area contributed by atoms with Crippen molar-refractivity contribution in [3.63, 3.8) is 0 Å². The smallest absolute Gasteiger partial charge is 0.244 e. The first-order valence-corrected chi connectivity index (χ1v) is 9.14. The van der Waals surface area contributed by atoms with Gasteiger partial charge in [0.25, 0.3) is 0 Å². The Balaban J connectivity index is 1.47. The van der Waals surface area contributed by atoms with Gasteiger partial charge in [0.15, 0.2) is 0 Å². The van der Waals surface area contributed by atoms with E-state index in [1.165, 1.54) is 0 Å². The fourth-order valence-corrected chi connectivity index (χ4v) is 3.56. The van der Waals surface area contributed by atoms with Gasteiger partial charge in [-0.1, -0.05) is 17.3 Å². The van der Waals surface area contributed by atoms with E-state index in [1.54, 1.807) is 31.0 Å². The average molecular weight is 384 g/mol. The number of nitrogens with zero attached hydrogens (tertiary/aromatic N) is 7. The van der Waals surface area contributed by atoms with Crippen molar-refractivity contribution in [3.05, 3.63) is 77.6 Å². The van der Waals surface area contributed by atoms with E-state index in [0.717, 1.165) is 17.0 Å². The van der Waals surface area contributed by atoms with Crippen molar-refractivity contribution in [2.75, 3.05) is 0 Å². The zero-order valence-corrected chi connectivity index (χ0v) is 15.4. The first-order chi connectivity index (χ1) is 14.3. The molecule has 0 saturated heterocycles. The summed E-state index contributed by atoms with van der Waals surface area (Å²) in [5.41, 5.74) is 4.32. The fraction of sp³-hybridized carbons (Fsp3) is 0.200. The van der Waals surface area contributed by atoms with Gasteiger partial charge in [-0.05, 0) is 17.7 Å². The lowest BCUT2D eigenvalue weighted by atomic mass is 10.0. The van der Waals surface area contributed by atoms with Crippen molar-refractivity contribution in [3.8, 4) is 17.6 Å². The quantitative estimate of drug-likeness (QED) is 0.569. The van der Waals surface area contributed by atoms with Gasteiger partial charge in [0.05, 0.1) is 41.6 Å². The molecule has 1 aliphatic heterocycles. The van der Waals surface area contributed by atoms with Gasteiger partial charge >= 0.3 is 0 Å². The Hall–Kier alpha value is -3.90. The number of hydrogen-bond acceptors (Lipinski definition) is 8. The zero-order valence-electron chi connectivity index (χ0n) is 15.4. The number of aromatic nitrogens is 6. The molecule has 0 aliphatic carbocycles. The first kappa shape index (κ1) is 17.2. The largest absolute Gasteiger partial charge is 0.347 e. The topological polar surface area (TPSA) is 120 Å². The van der Waals surface area contributed by atoms with Crippen molar-refractivity contribution in [2.45, 2.75) is 25.6 Å². The molecule has 142 valence electrons. The summed E-state index contributed by atoms with van der Waals surface area (Å²) in [4.78, 5) is 22.7. The molecule has 9 nitrogen and oxygen atoms in total. The van der Waals surface area contributed by atoms with E-state index in [2.05, 4.69) is 41.0 Å². The Bertz CT molecular complexity index is 1180. The molecular weight excluding hydrogens is 368 g/mol. The fourth-order valence-electron chi connectivity index (χ4n) is 3.56. The number of benzene rings is 1. The second kappa shape index (κ2) is 7.26. The van der Waals surface area contributed by atoms with Crippen molar-refractivity contribution in [1.29, 1.82) is 5.26 Å². The molecule has 0 fully saturated rings. The van der Waals surface area contributed by atoms with Gasteiger partial charge in [-0.2, -0.15) is 10.2 Å². The molecule has 4 aromatic rings. The van der Waals surface area contributed by atoms with Gasteiger partial charge in [0.2, 0.25) is 11.7 Å². The van der Waals surface area contributed by atoms with Gasteiger partial charge < -0.3 is 9.51 Å². The lowest BCUT2D eigenvalue weighted by Crippen LogP contribution is -2.34.